The highest BCUT2D eigenvalue weighted by molar-refractivity contribution is 8.16. The van der Waals surface area contributed by atoms with Crippen molar-refractivity contribution in [2.75, 3.05) is 25.1 Å². The Kier molecular flexibility index (Phi) is 7.77. The largest absolute Gasteiger partial charge is 0.494 e. The second-order valence-corrected chi connectivity index (χ2v) is 8.57. The van der Waals surface area contributed by atoms with Crippen LogP contribution in [0.3, 0.4) is 0 Å². The highest BCUT2D eigenvalue weighted by Gasteiger charge is 2.37. The van der Waals surface area contributed by atoms with Crippen LogP contribution in [0.5, 0.6) is 11.5 Å². The minimum absolute atomic E-state index is 0.160. The molecule has 0 fully saturated rings. The van der Waals surface area contributed by atoms with Crippen LogP contribution in [0.15, 0.2) is 76.4 Å². The summed E-state index contributed by atoms with van der Waals surface area (Å²) in [5.74, 6) is 0.579. The quantitative estimate of drug-likeness (QED) is 0.499. The standard InChI is InChI=1S/C26H27N3O5S/c1-4-32-20-11-9-19(10-12-20)28-22(30)16-34-21-8-6-7-18(15-21)24-23(25(31)33-5-2)17(3)27-26-29(24)13-14-35-26/h6-15,24H,4-5,16H2,1-3H3,(H,28,30)/t24-/m1/s1. The molecule has 1 N–H and O–H groups in total. The molecule has 35 heavy (non-hydrogen) atoms. The number of ether oxygens (including phenoxy) is 3. The maximum absolute atomic E-state index is 12.8. The Balaban J connectivity index is 1.47. The Bertz CT molecular complexity index is 1190. The number of esters is 1. The molecule has 182 valence electrons. The van der Waals surface area contributed by atoms with E-state index in [1.54, 1.807) is 37.3 Å². The summed E-state index contributed by atoms with van der Waals surface area (Å²) in [5.41, 5.74) is 2.59. The molecule has 2 aliphatic heterocycles. The molecule has 1 amide bonds. The second kappa shape index (κ2) is 11.1. The van der Waals surface area contributed by atoms with Crippen molar-refractivity contribution in [2.24, 2.45) is 4.99 Å². The lowest BCUT2D eigenvalue weighted by Gasteiger charge is -2.33. The van der Waals surface area contributed by atoms with Gasteiger partial charge in [0.15, 0.2) is 11.8 Å². The number of amidine groups is 1. The van der Waals surface area contributed by atoms with E-state index in [0.29, 0.717) is 29.3 Å². The van der Waals surface area contributed by atoms with Gasteiger partial charge >= 0.3 is 5.97 Å². The molecule has 0 bridgehead atoms. The molecule has 0 aromatic heterocycles. The number of nitrogens with zero attached hydrogens (tertiary/aromatic N) is 2. The van der Waals surface area contributed by atoms with Crippen LogP contribution in [0, 0.1) is 0 Å². The van der Waals surface area contributed by atoms with Gasteiger partial charge in [0.1, 0.15) is 11.5 Å². The van der Waals surface area contributed by atoms with E-state index >= 15 is 0 Å². The summed E-state index contributed by atoms with van der Waals surface area (Å²) < 4.78 is 16.5. The SMILES string of the molecule is CCOC(=O)C1=C(C)N=C2SC=CN2[C@@H]1c1cccc(OCC(=O)Nc2ccc(OCC)cc2)c1. The first-order valence-corrected chi connectivity index (χ1v) is 12.2. The van der Waals surface area contributed by atoms with Crippen molar-refractivity contribution in [1.82, 2.24) is 4.90 Å². The number of allylic oxidation sites excluding steroid dienone is 1. The third kappa shape index (κ3) is 5.68. The molecule has 9 heteroatoms. The van der Waals surface area contributed by atoms with E-state index in [1.165, 1.54) is 11.8 Å². The molecule has 4 rings (SSSR count). The van der Waals surface area contributed by atoms with Gasteiger partial charge in [0.25, 0.3) is 5.91 Å². The molecule has 8 nitrogen and oxygen atoms in total. The molecule has 2 heterocycles. The molecule has 2 aromatic rings. The van der Waals surface area contributed by atoms with Gasteiger partial charge in [-0.25, -0.2) is 9.79 Å². The number of aliphatic imine (C=N–C) groups is 1. The van der Waals surface area contributed by atoms with Crippen molar-refractivity contribution in [3.05, 3.63) is 77.0 Å². The van der Waals surface area contributed by atoms with Crippen LogP contribution in [0.25, 0.3) is 0 Å². The summed E-state index contributed by atoms with van der Waals surface area (Å²) in [6.07, 6.45) is 1.90. The Morgan fingerprint density at radius 3 is 2.60 bits per heavy atom. The molecule has 0 aliphatic carbocycles. The fourth-order valence-corrected chi connectivity index (χ4v) is 4.61. The van der Waals surface area contributed by atoms with E-state index < -0.39 is 12.0 Å². The van der Waals surface area contributed by atoms with Gasteiger partial charge in [-0.05, 0) is 68.1 Å². The Labute approximate surface area is 208 Å². The third-order valence-corrected chi connectivity index (χ3v) is 6.08. The van der Waals surface area contributed by atoms with Gasteiger partial charge in [0.05, 0.1) is 30.5 Å². The van der Waals surface area contributed by atoms with Crippen LogP contribution >= 0.6 is 11.8 Å². The van der Waals surface area contributed by atoms with E-state index in [2.05, 4.69) is 10.3 Å². The molecular formula is C26H27N3O5S. The lowest BCUT2D eigenvalue weighted by Crippen LogP contribution is -2.34. The van der Waals surface area contributed by atoms with E-state index in [9.17, 15) is 9.59 Å². The van der Waals surface area contributed by atoms with E-state index in [4.69, 9.17) is 14.2 Å². The van der Waals surface area contributed by atoms with Gasteiger partial charge in [0, 0.05) is 11.9 Å². The zero-order chi connectivity index (χ0) is 24.8. The number of carbonyl (C=O) groups is 2. The van der Waals surface area contributed by atoms with Gasteiger partial charge in [-0.15, -0.1) is 0 Å². The van der Waals surface area contributed by atoms with Crippen LogP contribution in [-0.2, 0) is 14.3 Å². The van der Waals surface area contributed by atoms with Crippen molar-refractivity contribution < 1.29 is 23.8 Å². The van der Waals surface area contributed by atoms with Crippen molar-refractivity contribution in [3.8, 4) is 11.5 Å². The van der Waals surface area contributed by atoms with Gasteiger partial charge in [0.2, 0.25) is 0 Å². The number of fused-ring (bicyclic) bond motifs is 1. The van der Waals surface area contributed by atoms with Crippen molar-refractivity contribution in [1.29, 1.82) is 0 Å². The van der Waals surface area contributed by atoms with Gasteiger partial charge < -0.3 is 24.4 Å². The summed E-state index contributed by atoms with van der Waals surface area (Å²) in [6, 6.07) is 14.1. The summed E-state index contributed by atoms with van der Waals surface area (Å²) in [4.78, 5) is 31.7. The van der Waals surface area contributed by atoms with Crippen LogP contribution in [0.4, 0.5) is 5.69 Å². The van der Waals surface area contributed by atoms with Gasteiger partial charge in [-0.2, -0.15) is 0 Å². The highest BCUT2D eigenvalue weighted by atomic mass is 32.2. The molecule has 0 radical (unpaired) electrons. The maximum atomic E-state index is 12.8. The molecule has 0 saturated carbocycles. The normalized spacial score (nSPS) is 16.5. The Morgan fingerprint density at radius 2 is 1.86 bits per heavy atom. The average molecular weight is 494 g/mol. The zero-order valence-electron chi connectivity index (χ0n) is 19.8. The monoisotopic (exact) mass is 493 g/mol. The van der Waals surface area contributed by atoms with Crippen molar-refractivity contribution >= 4 is 34.5 Å². The number of hydrogen-bond acceptors (Lipinski definition) is 8. The molecule has 2 aliphatic rings. The molecule has 0 spiro atoms. The van der Waals surface area contributed by atoms with E-state index in [0.717, 1.165) is 16.5 Å². The van der Waals surface area contributed by atoms with E-state index in [1.807, 2.05) is 48.6 Å². The zero-order valence-corrected chi connectivity index (χ0v) is 20.6. The van der Waals surface area contributed by atoms with E-state index in [-0.39, 0.29) is 19.1 Å². The number of nitrogens with one attached hydrogen (secondary N) is 1. The lowest BCUT2D eigenvalue weighted by atomic mass is 9.94. The average Bonchev–Trinajstić information content (AvgIpc) is 3.31. The summed E-state index contributed by atoms with van der Waals surface area (Å²) in [7, 11) is 0. The number of amides is 1. The fourth-order valence-electron chi connectivity index (χ4n) is 3.82. The number of rotatable bonds is 9. The smallest absolute Gasteiger partial charge is 0.338 e. The predicted octanol–water partition coefficient (Wildman–Crippen LogP) is 4.87. The first-order chi connectivity index (χ1) is 17.0. The van der Waals surface area contributed by atoms with Crippen molar-refractivity contribution in [3.63, 3.8) is 0 Å². The molecule has 1 atom stereocenters. The summed E-state index contributed by atoms with van der Waals surface area (Å²) in [5, 5.41) is 5.53. The highest BCUT2D eigenvalue weighted by Crippen LogP contribution is 2.41. The first kappa shape index (κ1) is 24.4. The maximum Gasteiger partial charge on any atom is 0.338 e. The van der Waals surface area contributed by atoms with Crippen LogP contribution in [-0.4, -0.2) is 41.8 Å². The Hall–Kier alpha value is -3.72. The fraction of sp³-hybridized carbons (Fsp3) is 0.269. The van der Waals surface area contributed by atoms with Crippen LogP contribution in [0.1, 0.15) is 32.4 Å². The number of carbonyl (C=O) groups excluding carboxylic acids is 2. The summed E-state index contributed by atoms with van der Waals surface area (Å²) in [6.45, 7) is 6.20. The number of anilines is 1. The molecule has 2 aromatic carbocycles. The van der Waals surface area contributed by atoms with Crippen LogP contribution < -0.4 is 14.8 Å². The first-order valence-electron chi connectivity index (χ1n) is 11.3. The topological polar surface area (TPSA) is 89.5 Å². The molecular weight excluding hydrogens is 466 g/mol. The lowest BCUT2D eigenvalue weighted by molar-refractivity contribution is -0.139. The Morgan fingerprint density at radius 1 is 1.06 bits per heavy atom. The van der Waals surface area contributed by atoms with Gasteiger partial charge in [-0.1, -0.05) is 23.9 Å². The van der Waals surface area contributed by atoms with Crippen LogP contribution in [0.2, 0.25) is 0 Å². The molecule has 0 saturated heterocycles. The minimum Gasteiger partial charge on any atom is -0.494 e. The van der Waals surface area contributed by atoms with Gasteiger partial charge in [-0.3, -0.25) is 4.79 Å². The minimum atomic E-state index is -0.408. The molecule has 0 unspecified atom stereocenters. The third-order valence-electron chi connectivity index (χ3n) is 5.31. The predicted molar refractivity (Wildman–Crippen MR) is 136 cm³/mol. The number of benzene rings is 2. The number of hydrogen-bond donors (Lipinski definition) is 1. The second-order valence-electron chi connectivity index (χ2n) is 7.69. The number of thioether (sulfide) groups is 1. The van der Waals surface area contributed by atoms with Crippen molar-refractivity contribution in [2.45, 2.75) is 26.8 Å². The summed E-state index contributed by atoms with van der Waals surface area (Å²) >= 11 is 1.50.